The van der Waals surface area contributed by atoms with E-state index in [1.54, 1.807) is 30.3 Å². The number of aliphatic carboxylic acids is 1. The van der Waals surface area contributed by atoms with Gasteiger partial charge in [0.05, 0.1) is 42.9 Å². The maximum Gasteiger partial charge on any atom is 0.326 e. The van der Waals surface area contributed by atoms with Crippen molar-refractivity contribution in [1.82, 2.24) is 29.7 Å². The zero-order chi connectivity index (χ0) is 36.4. The summed E-state index contributed by atoms with van der Waals surface area (Å²) in [4.78, 5) is 50.5. The third-order valence-electron chi connectivity index (χ3n) is 10.1. The molecule has 52 heavy (non-hydrogen) atoms. The summed E-state index contributed by atoms with van der Waals surface area (Å²) < 4.78 is 28.0. The van der Waals surface area contributed by atoms with Gasteiger partial charge in [-0.2, -0.15) is 0 Å². The monoisotopic (exact) mass is 734 g/mol. The molecule has 15 heteroatoms. The number of imidazole rings is 1. The van der Waals surface area contributed by atoms with E-state index in [1.807, 2.05) is 18.2 Å². The number of fused-ring (bicyclic) bond motifs is 1. The summed E-state index contributed by atoms with van der Waals surface area (Å²) in [7, 11) is 0. The van der Waals surface area contributed by atoms with Gasteiger partial charge in [0, 0.05) is 53.4 Å². The number of halogens is 2. The van der Waals surface area contributed by atoms with Gasteiger partial charge < -0.3 is 34.5 Å². The molecular weight excluding hydrogens is 695 g/mol. The first-order valence-electron chi connectivity index (χ1n) is 17.5. The molecule has 0 spiro atoms. The lowest BCUT2D eigenvalue weighted by Gasteiger charge is -2.32. The molecule has 0 unspecified atom stereocenters. The first-order chi connectivity index (χ1) is 25.1. The summed E-state index contributed by atoms with van der Waals surface area (Å²) >= 11 is 5.87. The predicted molar refractivity (Wildman–Crippen MR) is 187 cm³/mol. The predicted octanol–water partition coefficient (Wildman–Crippen LogP) is 3.75. The Labute approximate surface area is 304 Å². The number of aliphatic hydroxyl groups excluding tert-OH is 1. The Balaban J connectivity index is 0.983. The van der Waals surface area contributed by atoms with Crippen LogP contribution in [0.3, 0.4) is 0 Å². The van der Waals surface area contributed by atoms with E-state index < -0.39 is 42.3 Å². The van der Waals surface area contributed by atoms with Crippen molar-refractivity contribution in [2.45, 2.75) is 69.5 Å². The number of likely N-dealkylation sites (tertiary alicyclic amines) is 2. The second-order valence-corrected chi connectivity index (χ2v) is 14.0. The molecular formula is C37H40ClFN6O7. The quantitative estimate of drug-likeness (QED) is 0.196. The number of ether oxygens (including phenoxy) is 2. The molecule has 274 valence electrons. The van der Waals surface area contributed by atoms with E-state index in [0.29, 0.717) is 40.6 Å². The Bertz CT molecular complexity index is 1960. The molecule has 0 radical (unpaired) electrons. The first kappa shape index (κ1) is 35.8. The summed E-state index contributed by atoms with van der Waals surface area (Å²) in [5.74, 6) is -1.11. The van der Waals surface area contributed by atoms with Crippen LogP contribution in [0.15, 0.2) is 54.6 Å². The van der Waals surface area contributed by atoms with Crippen molar-refractivity contribution >= 4 is 40.4 Å². The number of nitrogens with one attached hydrogen (secondary N) is 1. The number of carboxylic acids is 1. The van der Waals surface area contributed by atoms with Crippen LogP contribution in [0.4, 0.5) is 4.39 Å². The van der Waals surface area contributed by atoms with E-state index in [4.69, 9.17) is 31.0 Å². The fourth-order valence-electron chi connectivity index (χ4n) is 7.08. The van der Waals surface area contributed by atoms with Crippen molar-refractivity contribution in [2.24, 2.45) is 0 Å². The normalized spacial score (nSPS) is 20.9. The van der Waals surface area contributed by atoms with E-state index in [2.05, 4.69) is 14.8 Å². The number of aromatic nitrogens is 3. The summed E-state index contributed by atoms with van der Waals surface area (Å²) in [5.41, 5.74) is 3.20. The van der Waals surface area contributed by atoms with Crippen LogP contribution in [0, 0.1) is 5.82 Å². The number of amides is 2. The lowest BCUT2D eigenvalue weighted by Crippen LogP contribution is -2.45. The Morgan fingerprint density at radius 2 is 1.87 bits per heavy atom. The van der Waals surface area contributed by atoms with Gasteiger partial charge >= 0.3 is 5.97 Å². The number of carbonyl (C=O) groups excluding carboxylic acids is 2. The van der Waals surface area contributed by atoms with Crippen molar-refractivity contribution in [3.05, 3.63) is 88.1 Å². The summed E-state index contributed by atoms with van der Waals surface area (Å²) in [6.07, 6.45) is 1.87. The van der Waals surface area contributed by atoms with Gasteiger partial charge in [-0.05, 0) is 68.8 Å². The highest BCUT2D eigenvalue weighted by Crippen LogP contribution is 2.30. The minimum Gasteiger partial charge on any atom is -0.480 e. The highest BCUT2D eigenvalue weighted by Gasteiger charge is 2.38. The van der Waals surface area contributed by atoms with Crippen molar-refractivity contribution in [3.63, 3.8) is 0 Å². The van der Waals surface area contributed by atoms with Gasteiger partial charge in [0.25, 0.3) is 5.91 Å². The molecule has 5 heterocycles. The molecule has 3 aliphatic rings. The van der Waals surface area contributed by atoms with Crippen molar-refractivity contribution < 1.29 is 38.5 Å². The van der Waals surface area contributed by atoms with E-state index in [9.17, 15) is 29.0 Å². The maximum absolute atomic E-state index is 14.2. The number of β-amino-alcohol motifs (C(OH)–C–C–N with tert-alkyl or cyclic N) is 1. The van der Waals surface area contributed by atoms with E-state index in [0.717, 1.165) is 60.9 Å². The largest absolute Gasteiger partial charge is 0.480 e. The number of hydrogen-bond donors (Lipinski definition) is 3. The molecule has 0 bridgehead atoms. The summed E-state index contributed by atoms with van der Waals surface area (Å²) in [5, 5.41) is 22.2. The second kappa shape index (κ2) is 15.5. The molecule has 3 saturated heterocycles. The van der Waals surface area contributed by atoms with Crippen molar-refractivity contribution in [1.29, 1.82) is 0 Å². The Morgan fingerprint density at radius 1 is 1.06 bits per heavy atom. The second-order valence-electron chi connectivity index (χ2n) is 13.6. The van der Waals surface area contributed by atoms with Gasteiger partial charge in [-0.1, -0.05) is 23.7 Å². The zero-order valence-corrected chi connectivity index (χ0v) is 29.2. The Kier molecular flexibility index (Phi) is 10.7. The van der Waals surface area contributed by atoms with Gasteiger partial charge in [-0.3, -0.25) is 14.5 Å². The Morgan fingerprint density at radius 3 is 2.60 bits per heavy atom. The molecule has 3 atom stereocenters. The number of pyridine rings is 1. The van der Waals surface area contributed by atoms with Gasteiger partial charge in [0.15, 0.2) is 0 Å². The van der Waals surface area contributed by atoms with E-state index in [-0.39, 0.29) is 31.6 Å². The Hall–Kier alpha value is -4.63. The number of hydrogen-bond acceptors (Lipinski definition) is 9. The number of nitrogens with zero attached hydrogens (tertiary/aromatic N) is 5. The van der Waals surface area contributed by atoms with Crippen LogP contribution in [0.2, 0.25) is 5.02 Å². The first-order valence-corrected chi connectivity index (χ1v) is 17.8. The molecule has 3 fully saturated rings. The average molecular weight is 735 g/mol. The van der Waals surface area contributed by atoms with Crippen molar-refractivity contribution in [3.8, 4) is 5.88 Å². The van der Waals surface area contributed by atoms with Crippen LogP contribution in [0.1, 0.15) is 59.0 Å². The van der Waals surface area contributed by atoms with Crippen LogP contribution in [0.5, 0.6) is 5.88 Å². The van der Waals surface area contributed by atoms with Crippen LogP contribution < -0.4 is 10.1 Å². The van der Waals surface area contributed by atoms with E-state index >= 15 is 0 Å². The molecule has 0 saturated carbocycles. The lowest BCUT2D eigenvalue weighted by molar-refractivity contribution is -0.147. The highest BCUT2D eigenvalue weighted by atomic mass is 35.5. The molecule has 2 aromatic carbocycles. The molecule has 13 nitrogen and oxygen atoms in total. The van der Waals surface area contributed by atoms with Gasteiger partial charge in [0.2, 0.25) is 11.8 Å². The van der Waals surface area contributed by atoms with E-state index in [1.165, 1.54) is 6.07 Å². The minimum atomic E-state index is -1.19. The standard InChI is InChI=1S/C37H40ClFN6O7/c38-25-6-4-24(28(39)15-25)21-52-34-3-1-2-29(42-34)22-8-11-43(12-9-22)20-33-41-30-14-23(5-7-31(30)44(33)19-27-10-13-51-27)36(48)40-17-35(47)45-18-26(46)16-32(45)37(49)50/h1-7,14-15,22,26-27,32,46H,8-13,16-21H2,(H,40,48)(H,49,50)/t26-,27+,32+/m1/s1. The third kappa shape index (κ3) is 8.04. The number of aliphatic hydroxyl groups is 1. The average Bonchev–Trinajstić information content (AvgIpc) is 3.68. The van der Waals surface area contributed by atoms with Gasteiger partial charge in [-0.25, -0.2) is 19.2 Å². The SMILES string of the molecule is O=C(NCC(=O)N1C[C@H](O)C[C@H]1C(=O)O)c1ccc2c(c1)nc(CN1CCC(c3cccc(OCc4ccc(Cl)cc4F)n3)CC1)n2C[C@@H]1CCO1. The number of carboxylic acid groups (broad SMARTS) is 1. The van der Waals surface area contributed by atoms with Gasteiger partial charge in [-0.15, -0.1) is 0 Å². The fraction of sp³-hybridized carbons (Fsp3) is 0.432. The van der Waals surface area contributed by atoms with Crippen LogP contribution in [-0.2, 0) is 34.0 Å². The molecule has 7 rings (SSSR count). The summed E-state index contributed by atoms with van der Waals surface area (Å²) in [6, 6.07) is 14.3. The molecule has 2 aromatic heterocycles. The van der Waals surface area contributed by atoms with Crippen LogP contribution in [-0.4, -0.2) is 103 Å². The molecule has 2 amide bonds. The smallest absolute Gasteiger partial charge is 0.326 e. The molecule has 3 N–H and O–H groups in total. The topological polar surface area (TPSA) is 159 Å². The number of carbonyl (C=O) groups is 3. The third-order valence-corrected chi connectivity index (χ3v) is 10.3. The van der Waals surface area contributed by atoms with Gasteiger partial charge in [0.1, 0.15) is 24.3 Å². The lowest BCUT2D eigenvalue weighted by atomic mass is 9.93. The number of rotatable bonds is 12. The van der Waals surface area contributed by atoms with Crippen molar-refractivity contribution in [2.75, 3.05) is 32.8 Å². The van der Waals surface area contributed by atoms with Crippen LogP contribution in [0.25, 0.3) is 11.0 Å². The highest BCUT2D eigenvalue weighted by molar-refractivity contribution is 6.30. The van der Waals surface area contributed by atoms with Crippen LogP contribution >= 0.6 is 11.6 Å². The number of benzene rings is 2. The number of piperidine rings is 1. The molecule has 0 aliphatic carbocycles. The molecule has 4 aromatic rings. The minimum absolute atomic E-state index is 0.0440. The zero-order valence-electron chi connectivity index (χ0n) is 28.4. The maximum atomic E-state index is 14.2. The molecule has 3 aliphatic heterocycles. The fourth-order valence-corrected chi connectivity index (χ4v) is 7.24. The summed E-state index contributed by atoms with van der Waals surface area (Å²) in [6.45, 7) is 3.21.